The molecule has 0 saturated heterocycles. The molecule has 0 spiro atoms. The Labute approximate surface area is 100 Å². The Balaban J connectivity index is 2.24. The summed E-state index contributed by atoms with van der Waals surface area (Å²) < 4.78 is 0. The fourth-order valence-electron chi connectivity index (χ4n) is 1.66. The summed E-state index contributed by atoms with van der Waals surface area (Å²) >= 11 is 5.98. The molecule has 2 rings (SSSR count). The summed E-state index contributed by atoms with van der Waals surface area (Å²) in [5, 5.41) is 9.46. The standard InChI is InChI=1S/C11H16ClN3O/c1-2-15(5-6-16)10-7-9(12)13-11(14-10)8-3-4-8/h7-8,16H,2-6H2,1H3. The van der Waals surface area contributed by atoms with Gasteiger partial charge in [0.2, 0.25) is 0 Å². The van der Waals surface area contributed by atoms with Gasteiger partial charge < -0.3 is 10.0 Å². The number of anilines is 1. The minimum absolute atomic E-state index is 0.119. The average molecular weight is 242 g/mol. The predicted molar refractivity (Wildman–Crippen MR) is 64.0 cm³/mol. The molecule has 1 N–H and O–H groups in total. The van der Waals surface area contributed by atoms with Crippen LogP contribution in [0.3, 0.4) is 0 Å². The van der Waals surface area contributed by atoms with E-state index in [2.05, 4.69) is 9.97 Å². The zero-order chi connectivity index (χ0) is 11.5. The molecule has 0 aromatic carbocycles. The molecule has 0 radical (unpaired) electrons. The number of nitrogens with zero attached hydrogens (tertiary/aromatic N) is 3. The fraction of sp³-hybridized carbons (Fsp3) is 0.636. The van der Waals surface area contributed by atoms with E-state index < -0.39 is 0 Å². The van der Waals surface area contributed by atoms with Gasteiger partial charge in [0.1, 0.15) is 16.8 Å². The van der Waals surface area contributed by atoms with Gasteiger partial charge >= 0.3 is 0 Å². The van der Waals surface area contributed by atoms with Crippen molar-refractivity contribution in [2.45, 2.75) is 25.7 Å². The first-order valence-electron chi connectivity index (χ1n) is 5.65. The highest BCUT2D eigenvalue weighted by atomic mass is 35.5. The van der Waals surface area contributed by atoms with Gasteiger partial charge in [-0.2, -0.15) is 0 Å². The van der Waals surface area contributed by atoms with Crippen molar-refractivity contribution in [2.75, 3.05) is 24.6 Å². The second-order valence-electron chi connectivity index (χ2n) is 3.98. The molecular formula is C11H16ClN3O. The summed E-state index contributed by atoms with van der Waals surface area (Å²) in [4.78, 5) is 10.7. The molecule has 1 saturated carbocycles. The van der Waals surface area contributed by atoms with Gasteiger partial charge in [-0.3, -0.25) is 0 Å². The number of hydrogen-bond acceptors (Lipinski definition) is 4. The van der Waals surface area contributed by atoms with Crippen molar-refractivity contribution in [2.24, 2.45) is 0 Å². The Bertz CT molecular complexity index is 368. The van der Waals surface area contributed by atoms with Crippen molar-refractivity contribution in [3.63, 3.8) is 0 Å². The molecule has 0 atom stereocenters. The molecule has 88 valence electrons. The van der Waals surface area contributed by atoms with Gasteiger partial charge in [-0.15, -0.1) is 0 Å². The van der Waals surface area contributed by atoms with E-state index in [4.69, 9.17) is 16.7 Å². The number of halogens is 1. The largest absolute Gasteiger partial charge is 0.395 e. The molecule has 1 aromatic rings. The predicted octanol–water partition coefficient (Wildman–Crippen LogP) is 1.83. The molecule has 0 bridgehead atoms. The smallest absolute Gasteiger partial charge is 0.135 e. The quantitative estimate of drug-likeness (QED) is 0.799. The molecule has 1 aliphatic carbocycles. The maximum absolute atomic E-state index is 8.97. The van der Waals surface area contributed by atoms with E-state index in [1.54, 1.807) is 6.07 Å². The molecule has 16 heavy (non-hydrogen) atoms. The highest BCUT2D eigenvalue weighted by Gasteiger charge is 2.27. The van der Waals surface area contributed by atoms with E-state index in [0.717, 1.165) is 31.0 Å². The van der Waals surface area contributed by atoms with Crippen LogP contribution in [0.15, 0.2) is 6.07 Å². The molecular weight excluding hydrogens is 226 g/mol. The van der Waals surface area contributed by atoms with Crippen molar-refractivity contribution in [1.29, 1.82) is 0 Å². The average Bonchev–Trinajstić information content (AvgIpc) is 3.08. The molecule has 1 fully saturated rings. The van der Waals surface area contributed by atoms with Gasteiger partial charge in [-0.1, -0.05) is 11.6 Å². The van der Waals surface area contributed by atoms with Crippen LogP contribution in [0.1, 0.15) is 31.5 Å². The van der Waals surface area contributed by atoms with Crippen LogP contribution >= 0.6 is 11.6 Å². The lowest BCUT2D eigenvalue weighted by molar-refractivity contribution is 0.302. The normalized spacial score (nSPS) is 15.2. The third-order valence-electron chi connectivity index (χ3n) is 2.72. The van der Waals surface area contributed by atoms with E-state index in [0.29, 0.717) is 17.6 Å². The Hall–Kier alpha value is -0.870. The van der Waals surface area contributed by atoms with E-state index in [1.165, 1.54) is 0 Å². The second kappa shape index (κ2) is 4.97. The summed E-state index contributed by atoms with van der Waals surface area (Å²) in [5.41, 5.74) is 0. The Morgan fingerprint density at radius 3 is 2.81 bits per heavy atom. The van der Waals surface area contributed by atoms with E-state index in [1.807, 2.05) is 11.8 Å². The molecule has 1 aromatic heterocycles. The van der Waals surface area contributed by atoms with Crippen molar-refractivity contribution < 1.29 is 5.11 Å². The SMILES string of the molecule is CCN(CCO)c1cc(Cl)nc(C2CC2)n1. The van der Waals surface area contributed by atoms with Gasteiger partial charge in [-0.25, -0.2) is 9.97 Å². The lowest BCUT2D eigenvalue weighted by atomic mass is 10.3. The fourth-order valence-corrected chi connectivity index (χ4v) is 1.85. The van der Waals surface area contributed by atoms with E-state index in [-0.39, 0.29) is 6.61 Å². The first kappa shape index (κ1) is 11.6. The van der Waals surface area contributed by atoms with Crippen molar-refractivity contribution in [1.82, 2.24) is 9.97 Å². The van der Waals surface area contributed by atoms with Crippen LogP contribution in [-0.4, -0.2) is 34.8 Å². The molecule has 1 heterocycles. The zero-order valence-electron chi connectivity index (χ0n) is 9.36. The first-order chi connectivity index (χ1) is 7.74. The van der Waals surface area contributed by atoms with Crippen LogP contribution in [0.4, 0.5) is 5.82 Å². The summed E-state index contributed by atoms with van der Waals surface area (Å²) in [6.45, 7) is 3.53. The van der Waals surface area contributed by atoms with Crippen LogP contribution in [0.2, 0.25) is 5.15 Å². The molecule has 5 heteroatoms. The van der Waals surface area contributed by atoms with Crippen molar-refractivity contribution in [3.8, 4) is 0 Å². The van der Waals surface area contributed by atoms with Gasteiger partial charge in [-0.05, 0) is 19.8 Å². The van der Waals surface area contributed by atoms with Crippen LogP contribution in [0.25, 0.3) is 0 Å². The summed E-state index contributed by atoms with van der Waals surface area (Å²) in [6.07, 6.45) is 2.32. The lowest BCUT2D eigenvalue weighted by Crippen LogP contribution is -2.27. The number of aliphatic hydroxyl groups is 1. The zero-order valence-corrected chi connectivity index (χ0v) is 10.1. The Morgan fingerprint density at radius 1 is 1.50 bits per heavy atom. The lowest BCUT2D eigenvalue weighted by Gasteiger charge is -2.21. The van der Waals surface area contributed by atoms with Crippen LogP contribution < -0.4 is 4.90 Å². The number of hydrogen-bond donors (Lipinski definition) is 1. The Kier molecular flexibility index (Phi) is 3.61. The Morgan fingerprint density at radius 2 is 2.25 bits per heavy atom. The van der Waals surface area contributed by atoms with Gasteiger partial charge in [0.15, 0.2) is 0 Å². The maximum Gasteiger partial charge on any atom is 0.135 e. The van der Waals surface area contributed by atoms with Crippen molar-refractivity contribution >= 4 is 17.4 Å². The molecule has 1 aliphatic rings. The van der Waals surface area contributed by atoms with E-state index >= 15 is 0 Å². The number of likely N-dealkylation sites (N-methyl/N-ethyl adjacent to an activating group) is 1. The van der Waals surface area contributed by atoms with Gasteiger partial charge in [0.25, 0.3) is 0 Å². The molecule has 4 nitrogen and oxygen atoms in total. The minimum atomic E-state index is 0.119. The van der Waals surface area contributed by atoms with Crippen molar-refractivity contribution in [3.05, 3.63) is 17.0 Å². The van der Waals surface area contributed by atoms with E-state index in [9.17, 15) is 0 Å². The highest BCUT2D eigenvalue weighted by molar-refractivity contribution is 6.29. The summed E-state index contributed by atoms with van der Waals surface area (Å²) in [7, 11) is 0. The monoisotopic (exact) mass is 241 g/mol. The molecule has 0 amide bonds. The third-order valence-corrected chi connectivity index (χ3v) is 2.91. The van der Waals surface area contributed by atoms with Gasteiger partial charge in [0.05, 0.1) is 6.61 Å². The second-order valence-corrected chi connectivity index (χ2v) is 4.37. The topological polar surface area (TPSA) is 49.2 Å². The number of aromatic nitrogens is 2. The third kappa shape index (κ3) is 2.62. The maximum atomic E-state index is 8.97. The highest BCUT2D eigenvalue weighted by Crippen LogP contribution is 2.39. The van der Waals surface area contributed by atoms with Crippen LogP contribution in [0, 0.1) is 0 Å². The number of rotatable bonds is 5. The summed E-state index contributed by atoms with van der Waals surface area (Å²) in [5.74, 6) is 2.16. The summed E-state index contributed by atoms with van der Waals surface area (Å²) in [6, 6.07) is 1.76. The van der Waals surface area contributed by atoms with Crippen LogP contribution in [0.5, 0.6) is 0 Å². The first-order valence-corrected chi connectivity index (χ1v) is 6.02. The minimum Gasteiger partial charge on any atom is -0.395 e. The molecule has 0 aliphatic heterocycles. The molecule has 0 unspecified atom stereocenters. The van der Waals surface area contributed by atoms with Crippen LogP contribution in [-0.2, 0) is 0 Å². The van der Waals surface area contributed by atoms with Gasteiger partial charge in [0, 0.05) is 25.1 Å². The number of aliphatic hydroxyl groups excluding tert-OH is 1.